The molecule has 2 rings (SSSR count). The fraction of sp³-hybridized carbons (Fsp3) is 1.00. The minimum Gasteiger partial charge on any atom is -0.314 e. The van der Waals surface area contributed by atoms with Crippen LogP contribution in [-0.4, -0.2) is 57.0 Å². The van der Waals surface area contributed by atoms with Crippen LogP contribution in [0.4, 0.5) is 0 Å². The first-order valence-electron chi connectivity index (χ1n) is 6.12. The van der Waals surface area contributed by atoms with Gasteiger partial charge in [0.2, 0.25) is 0 Å². The molecule has 0 aromatic carbocycles. The second-order valence-corrected chi connectivity index (χ2v) is 7.52. The lowest BCUT2D eigenvalue weighted by Gasteiger charge is -2.27. The molecule has 0 radical (unpaired) electrons. The molecule has 2 fully saturated rings. The summed E-state index contributed by atoms with van der Waals surface area (Å²) in [6.45, 7) is 4.34. The average Bonchev–Trinajstić information content (AvgIpc) is 2.74. The number of sulfone groups is 1. The van der Waals surface area contributed by atoms with Crippen molar-refractivity contribution in [2.75, 3.05) is 31.6 Å². The second-order valence-electron chi connectivity index (χ2n) is 5.29. The Morgan fingerprint density at radius 2 is 2.12 bits per heavy atom. The molecule has 3 atom stereocenters. The molecule has 0 aromatic heterocycles. The predicted octanol–water partition coefficient (Wildman–Crippen LogP) is 0.103. The first-order chi connectivity index (χ1) is 7.48. The van der Waals surface area contributed by atoms with E-state index in [2.05, 4.69) is 24.2 Å². The van der Waals surface area contributed by atoms with Crippen molar-refractivity contribution >= 4 is 9.84 Å². The van der Waals surface area contributed by atoms with E-state index in [1.165, 1.54) is 6.42 Å². The van der Waals surface area contributed by atoms with Crippen molar-refractivity contribution in [2.24, 2.45) is 5.92 Å². The summed E-state index contributed by atoms with van der Waals surface area (Å²) >= 11 is 0. The SMILES string of the molecule is CC1NCCC1CN(C)C1CCS(=O)(=O)C1. The summed E-state index contributed by atoms with van der Waals surface area (Å²) in [6.07, 6.45) is 2.03. The molecular weight excluding hydrogens is 224 g/mol. The van der Waals surface area contributed by atoms with Crippen LogP contribution in [0.15, 0.2) is 0 Å². The van der Waals surface area contributed by atoms with Crippen molar-refractivity contribution in [1.82, 2.24) is 10.2 Å². The number of nitrogens with one attached hydrogen (secondary N) is 1. The van der Waals surface area contributed by atoms with E-state index in [-0.39, 0.29) is 6.04 Å². The molecule has 2 heterocycles. The van der Waals surface area contributed by atoms with Gasteiger partial charge in [-0.15, -0.1) is 0 Å². The van der Waals surface area contributed by atoms with E-state index in [0.717, 1.165) is 19.5 Å². The molecule has 0 aromatic rings. The van der Waals surface area contributed by atoms with E-state index in [0.29, 0.717) is 23.5 Å². The lowest BCUT2D eigenvalue weighted by Crippen LogP contribution is -2.39. The summed E-state index contributed by atoms with van der Waals surface area (Å²) in [5, 5.41) is 3.44. The van der Waals surface area contributed by atoms with E-state index in [1.54, 1.807) is 0 Å². The minimum atomic E-state index is -2.74. The van der Waals surface area contributed by atoms with Crippen molar-refractivity contribution in [2.45, 2.75) is 31.8 Å². The van der Waals surface area contributed by atoms with Gasteiger partial charge in [0, 0.05) is 18.6 Å². The fourth-order valence-electron chi connectivity index (χ4n) is 2.80. The third-order valence-electron chi connectivity index (χ3n) is 4.04. The van der Waals surface area contributed by atoms with Gasteiger partial charge in [-0.25, -0.2) is 8.42 Å². The zero-order valence-electron chi connectivity index (χ0n) is 10.1. The lowest BCUT2D eigenvalue weighted by molar-refractivity contribution is 0.215. The Labute approximate surface area is 98.3 Å². The van der Waals surface area contributed by atoms with Crippen LogP contribution in [0.1, 0.15) is 19.8 Å². The topological polar surface area (TPSA) is 49.4 Å². The Kier molecular flexibility index (Phi) is 3.56. The standard InChI is InChI=1S/C11H22N2O2S/c1-9-10(3-5-12-9)7-13(2)11-4-6-16(14,15)8-11/h9-12H,3-8H2,1-2H3. The van der Waals surface area contributed by atoms with Crippen LogP contribution in [-0.2, 0) is 9.84 Å². The zero-order chi connectivity index (χ0) is 11.8. The number of nitrogens with zero attached hydrogens (tertiary/aromatic N) is 1. The quantitative estimate of drug-likeness (QED) is 0.767. The van der Waals surface area contributed by atoms with Gasteiger partial charge >= 0.3 is 0 Å². The molecule has 0 aliphatic carbocycles. The van der Waals surface area contributed by atoms with Crippen LogP contribution in [0, 0.1) is 5.92 Å². The number of rotatable bonds is 3. The molecule has 0 amide bonds. The average molecular weight is 246 g/mol. The molecule has 94 valence electrons. The maximum Gasteiger partial charge on any atom is 0.151 e. The van der Waals surface area contributed by atoms with Gasteiger partial charge < -0.3 is 10.2 Å². The fourth-order valence-corrected chi connectivity index (χ4v) is 4.61. The first-order valence-corrected chi connectivity index (χ1v) is 7.94. The second kappa shape index (κ2) is 4.63. The minimum absolute atomic E-state index is 0.248. The Hall–Kier alpha value is -0.130. The van der Waals surface area contributed by atoms with Gasteiger partial charge in [0.05, 0.1) is 11.5 Å². The predicted molar refractivity (Wildman–Crippen MR) is 65.3 cm³/mol. The van der Waals surface area contributed by atoms with E-state index < -0.39 is 9.84 Å². The van der Waals surface area contributed by atoms with Gasteiger partial charge in [0.25, 0.3) is 0 Å². The van der Waals surface area contributed by atoms with Crippen molar-refractivity contribution in [3.8, 4) is 0 Å². The maximum absolute atomic E-state index is 11.4. The van der Waals surface area contributed by atoms with Gasteiger partial charge in [-0.2, -0.15) is 0 Å². The molecule has 1 N–H and O–H groups in total. The normalized spacial score (nSPS) is 38.3. The molecule has 2 aliphatic heterocycles. The number of hydrogen-bond acceptors (Lipinski definition) is 4. The molecule has 2 saturated heterocycles. The Balaban J connectivity index is 1.86. The highest BCUT2D eigenvalue weighted by Crippen LogP contribution is 2.21. The molecule has 2 aliphatic rings. The third-order valence-corrected chi connectivity index (χ3v) is 5.79. The van der Waals surface area contributed by atoms with Crippen LogP contribution < -0.4 is 5.32 Å². The van der Waals surface area contributed by atoms with Crippen LogP contribution >= 0.6 is 0 Å². The van der Waals surface area contributed by atoms with Crippen LogP contribution in [0.25, 0.3) is 0 Å². The van der Waals surface area contributed by atoms with Gasteiger partial charge in [0.1, 0.15) is 0 Å². The molecule has 0 saturated carbocycles. The van der Waals surface area contributed by atoms with Gasteiger partial charge in [-0.1, -0.05) is 0 Å². The number of hydrogen-bond donors (Lipinski definition) is 1. The Morgan fingerprint density at radius 3 is 2.62 bits per heavy atom. The summed E-state index contributed by atoms with van der Waals surface area (Å²) in [7, 11) is -0.679. The zero-order valence-corrected chi connectivity index (χ0v) is 11.0. The highest BCUT2D eigenvalue weighted by molar-refractivity contribution is 7.91. The van der Waals surface area contributed by atoms with E-state index in [1.807, 2.05) is 0 Å². The molecule has 0 bridgehead atoms. The van der Waals surface area contributed by atoms with Gasteiger partial charge in [-0.3, -0.25) is 0 Å². The molecule has 0 spiro atoms. The molecule has 4 nitrogen and oxygen atoms in total. The summed E-state index contributed by atoms with van der Waals surface area (Å²) in [4.78, 5) is 2.25. The van der Waals surface area contributed by atoms with Gasteiger partial charge in [0.15, 0.2) is 9.84 Å². The molecule has 3 unspecified atom stereocenters. The first kappa shape index (κ1) is 12.3. The Bertz CT molecular complexity index is 342. The van der Waals surface area contributed by atoms with Crippen molar-refractivity contribution in [3.05, 3.63) is 0 Å². The molecule has 5 heteroatoms. The highest BCUT2D eigenvalue weighted by atomic mass is 32.2. The van der Waals surface area contributed by atoms with E-state index >= 15 is 0 Å². The monoisotopic (exact) mass is 246 g/mol. The van der Waals surface area contributed by atoms with Gasteiger partial charge in [-0.05, 0) is 39.3 Å². The van der Waals surface area contributed by atoms with Crippen molar-refractivity contribution < 1.29 is 8.42 Å². The smallest absolute Gasteiger partial charge is 0.151 e. The molecular formula is C11H22N2O2S. The van der Waals surface area contributed by atoms with E-state index in [4.69, 9.17) is 0 Å². The van der Waals surface area contributed by atoms with E-state index in [9.17, 15) is 8.42 Å². The third kappa shape index (κ3) is 2.76. The summed E-state index contributed by atoms with van der Waals surface area (Å²) in [5.74, 6) is 1.41. The highest BCUT2D eigenvalue weighted by Gasteiger charge is 2.33. The maximum atomic E-state index is 11.4. The van der Waals surface area contributed by atoms with Crippen molar-refractivity contribution in [1.29, 1.82) is 0 Å². The molecule has 16 heavy (non-hydrogen) atoms. The van der Waals surface area contributed by atoms with Crippen LogP contribution in [0.3, 0.4) is 0 Å². The van der Waals surface area contributed by atoms with Crippen LogP contribution in [0.5, 0.6) is 0 Å². The lowest BCUT2D eigenvalue weighted by atomic mass is 10.0. The summed E-state index contributed by atoms with van der Waals surface area (Å²) in [6, 6.07) is 0.818. The Morgan fingerprint density at radius 1 is 1.38 bits per heavy atom. The van der Waals surface area contributed by atoms with Crippen LogP contribution in [0.2, 0.25) is 0 Å². The largest absolute Gasteiger partial charge is 0.314 e. The summed E-state index contributed by atoms with van der Waals surface area (Å²) < 4.78 is 22.8. The summed E-state index contributed by atoms with van der Waals surface area (Å²) in [5.41, 5.74) is 0. The van der Waals surface area contributed by atoms with Crippen molar-refractivity contribution in [3.63, 3.8) is 0 Å².